The monoisotopic (exact) mass is 131 g/mol. The van der Waals surface area contributed by atoms with Crippen LogP contribution in [0, 0.1) is 5.92 Å². The van der Waals surface area contributed by atoms with Crippen LogP contribution in [0.25, 0.3) is 0 Å². The Morgan fingerprint density at radius 1 is 1.67 bits per heavy atom. The van der Waals surface area contributed by atoms with Crippen molar-refractivity contribution in [3.8, 4) is 0 Å². The third-order valence-electron chi connectivity index (χ3n) is 1.12. The van der Waals surface area contributed by atoms with Crippen LogP contribution in [0.5, 0.6) is 0 Å². The molecule has 1 N–H and O–H groups in total. The summed E-state index contributed by atoms with van der Waals surface area (Å²) >= 11 is 0. The second-order valence-corrected chi connectivity index (χ2v) is 2.63. The highest BCUT2D eigenvalue weighted by molar-refractivity contribution is 5.67. The quantitative estimate of drug-likeness (QED) is 0.461. The predicted octanol–water partition coefficient (Wildman–Crippen LogP) is -2.48. The Morgan fingerprint density at radius 2 is 2.11 bits per heavy atom. The zero-order valence-corrected chi connectivity index (χ0v) is 6.10. The summed E-state index contributed by atoms with van der Waals surface area (Å²) in [6, 6.07) is 0. The summed E-state index contributed by atoms with van der Waals surface area (Å²) in [5.41, 5.74) is 0. The maximum Gasteiger partial charge on any atom is 0.0845 e. The van der Waals surface area contributed by atoms with Crippen molar-refractivity contribution in [2.24, 2.45) is 5.92 Å². The van der Waals surface area contributed by atoms with Gasteiger partial charge in [-0.25, -0.2) is 0 Å². The standard InChI is InChI=1S/C6H13NO2/c1-5(6(8)9)4-7(2)3/h5H,4H2,1-3H3,(H,8,9)/t5-/m0/s1. The number of aliphatic carboxylic acids is 1. The largest absolute Gasteiger partial charge is 0.550 e. The topological polar surface area (TPSA) is 44.6 Å². The minimum absolute atomic E-state index is 0.338. The van der Waals surface area contributed by atoms with Gasteiger partial charge in [-0.1, -0.05) is 6.92 Å². The Kier molecular flexibility index (Phi) is 3.24. The van der Waals surface area contributed by atoms with Gasteiger partial charge in [-0.05, 0) is 0 Å². The molecule has 0 fully saturated rings. The van der Waals surface area contributed by atoms with E-state index in [0.29, 0.717) is 6.54 Å². The van der Waals surface area contributed by atoms with Gasteiger partial charge < -0.3 is 14.8 Å². The summed E-state index contributed by atoms with van der Waals surface area (Å²) in [7, 11) is 3.83. The van der Waals surface area contributed by atoms with Gasteiger partial charge in [0.15, 0.2) is 0 Å². The van der Waals surface area contributed by atoms with Crippen molar-refractivity contribution >= 4 is 5.97 Å². The molecule has 0 saturated carbocycles. The molecule has 0 rings (SSSR count). The minimum Gasteiger partial charge on any atom is -0.550 e. The second-order valence-electron chi connectivity index (χ2n) is 2.63. The van der Waals surface area contributed by atoms with Gasteiger partial charge in [0.1, 0.15) is 0 Å². The van der Waals surface area contributed by atoms with Crippen LogP contribution in [0.3, 0.4) is 0 Å². The molecule has 0 unspecified atom stereocenters. The summed E-state index contributed by atoms with van der Waals surface area (Å²) in [5, 5.41) is 10.1. The number of carbonyl (C=O) groups is 1. The Morgan fingerprint density at radius 3 is 2.22 bits per heavy atom. The van der Waals surface area contributed by atoms with Crippen LogP contribution in [0.1, 0.15) is 6.92 Å². The smallest absolute Gasteiger partial charge is 0.0845 e. The number of nitrogens with one attached hydrogen (secondary N) is 1. The second kappa shape index (κ2) is 3.45. The Balaban J connectivity index is 3.50. The lowest BCUT2D eigenvalue weighted by Gasteiger charge is -2.14. The zero-order valence-electron chi connectivity index (χ0n) is 6.10. The van der Waals surface area contributed by atoms with Crippen molar-refractivity contribution in [3.05, 3.63) is 0 Å². The first kappa shape index (κ1) is 8.43. The summed E-state index contributed by atoms with van der Waals surface area (Å²) < 4.78 is 0. The molecular formula is C6H13NO2. The van der Waals surface area contributed by atoms with E-state index in [2.05, 4.69) is 0 Å². The highest BCUT2D eigenvalue weighted by Crippen LogP contribution is 1.84. The molecule has 0 aromatic carbocycles. The lowest BCUT2D eigenvalue weighted by Crippen LogP contribution is -3.06. The molecule has 9 heavy (non-hydrogen) atoms. The van der Waals surface area contributed by atoms with Gasteiger partial charge >= 0.3 is 0 Å². The lowest BCUT2D eigenvalue weighted by molar-refractivity contribution is -0.861. The van der Waals surface area contributed by atoms with Gasteiger partial charge in [0.05, 0.1) is 20.6 Å². The molecule has 0 aliphatic heterocycles. The first-order valence-electron chi connectivity index (χ1n) is 3.04. The number of carboxylic acid groups (broad SMARTS) is 1. The molecular weight excluding hydrogens is 118 g/mol. The van der Waals surface area contributed by atoms with Gasteiger partial charge in [0.25, 0.3) is 0 Å². The molecule has 0 saturated heterocycles. The fourth-order valence-electron chi connectivity index (χ4n) is 0.696. The van der Waals surface area contributed by atoms with Crippen LogP contribution in [0.15, 0.2) is 0 Å². The Labute approximate surface area is 55.3 Å². The average molecular weight is 131 g/mol. The highest BCUT2D eigenvalue weighted by Gasteiger charge is 2.05. The number of carbonyl (C=O) groups excluding carboxylic acids is 1. The van der Waals surface area contributed by atoms with Gasteiger partial charge in [0, 0.05) is 11.9 Å². The maximum absolute atomic E-state index is 10.1. The SMILES string of the molecule is C[C@@H](C[NH+](C)C)C(=O)[O-]. The molecule has 54 valence electrons. The first-order valence-corrected chi connectivity index (χ1v) is 3.04. The number of rotatable bonds is 3. The van der Waals surface area contributed by atoms with Gasteiger partial charge in [-0.2, -0.15) is 0 Å². The fraction of sp³-hybridized carbons (Fsp3) is 0.833. The normalized spacial score (nSPS) is 13.8. The number of quaternary nitrogens is 1. The van der Waals surface area contributed by atoms with E-state index in [1.54, 1.807) is 6.92 Å². The molecule has 1 atom stereocenters. The van der Waals surface area contributed by atoms with Crippen LogP contribution >= 0.6 is 0 Å². The number of carboxylic acids is 1. The zero-order chi connectivity index (χ0) is 7.44. The molecule has 3 heteroatoms. The third-order valence-corrected chi connectivity index (χ3v) is 1.12. The molecule has 0 aromatic rings. The van der Waals surface area contributed by atoms with E-state index in [0.717, 1.165) is 4.90 Å². The molecule has 0 heterocycles. The van der Waals surface area contributed by atoms with E-state index < -0.39 is 5.97 Å². The van der Waals surface area contributed by atoms with E-state index in [-0.39, 0.29) is 5.92 Å². The number of hydrogen-bond acceptors (Lipinski definition) is 2. The molecule has 3 nitrogen and oxygen atoms in total. The highest BCUT2D eigenvalue weighted by atomic mass is 16.4. The molecule has 0 amide bonds. The van der Waals surface area contributed by atoms with Crippen molar-refractivity contribution in [3.63, 3.8) is 0 Å². The number of hydrogen-bond donors (Lipinski definition) is 1. The third kappa shape index (κ3) is 3.97. The first-order chi connectivity index (χ1) is 4.04. The summed E-state index contributed by atoms with van der Waals surface area (Å²) in [4.78, 5) is 11.2. The van der Waals surface area contributed by atoms with Crippen LogP contribution in [0.2, 0.25) is 0 Å². The van der Waals surface area contributed by atoms with Crippen molar-refractivity contribution in [1.29, 1.82) is 0 Å². The van der Waals surface area contributed by atoms with Crippen LogP contribution in [-0.2, 0) is 4.79 Å². The van der Waals surface area contributed by atoms with Crippen LogP contribution in [-0.4, -0.2) is 26.6 Å². The van der Waals surface area contributed by atoms with E-state index in [1.165, 1.54) is 0 Å². The van der Waals surface area contributed by atoms with Crippen molar-refractivity contribution in [2.75, 3.05) is 20.6 Å². The summed E-state index contributed by atoms with van der Waals surface area (Å²) in [5.74, 6) is -1.30. The average Bonchev–Trinajstić information content (AvgIpc) is 1.63. The summed E-state index contributed by atoms with van der Waals surface area (Å²) in [6.45, 7) is 2.28. The Bertz CT molecular complexity index is 101. The molecule has 0 aliphatic rings. The van der Waals surface area contributed by atoms with Gasteiger partial charge in [-0.15, -0.1) is 0 Å². The van der Waals surface area contributed by atoms with Gasteiger partial charge in [0.2, 0.25) is 0 Å². The Hall–Kier alpha value is -0.570. The predicted molar refractivity (Wildman–Crippen MR) is 31.8 cm³/mol. The van der Waals surface area contributed by atoms with Crippen LogP contribution in [0.4, 0.5) is 0 Å². The molecule has 0 bridgehead atoms. The molecule has 0 aromatic heterocycles. The van der Waals surface area contributed by atoms with E-state index >= 15 is 0 Å². The maximum atomic E-state index is 10.1. The fourth-order valence-corrected chi connectivity index (χ4v) is 0.696. The van der Waals surface area contributed by atoms with Crippen LogP contribution < -0.4 is 10.0 Å². The summed E-state index contributed by atoms with van der Waals surface area (Å²) in [6.07, 6.45) is 0. The molecule has 0 spiro atoms. The lowest BCUT2D eigenvalue weighted by atomic mass is 10.2. The van der Waals surface area contributed by atoms with E-state index in [9.17, 15) is 9.90 Å². The van der Waals surface area contributed by atoms with E-state index in [4.69, 9.17) is 0 Å². The van der Waals surface area contributed by atoms with Crippen molar-refractivity contribution in [2.45, 2.75) is 6.92 Å². The molecule has 0 radical (unpaired) electrons. The minimum atomic E-state index is -0.962. The van der Waals surface area contributed by atoms with Crippen molar-refractivity contribution in [1.82, 2.24) is 0 Å². The van der Waals surface area contributed by atoms with Crippen molar-refractivity contribution < 1.29 is 14.8 Å². The van der Waals surface area contributed by atoms with Gasteiger partial charge in [-0.3, -0.25) is 0 Å². The van der Waals surface area contributed by atoms with E-state index in [1.807, 2.05) is 14.1 Å². The molecule has 0 aliphatic carbocycles.